The predicted octanol–water partition coefficient (Wildman–Crippen LogP) is 5.55. The average molecular weight is 431 g/mol. The van der Waals surface area contributed by atoms with Crippen LogP contribution in [0, 0.1) is 6.92 Å². The van der Waals surface area contributed by atoms with Gasteiger partial charge in [-0.05, 0) is 89.0 Å². The summed E-state index contributed by atoms with van der Waals surface area (Å²) in [6, 6.07) is 10.3. The molecule has 156 valence electrons. The molecule has 1 saturated heterocycles. The summed E-state index contributed by atoms with van der Waals surface area (Å²) in [5.41, 5.74) is 3.18. The molecule has 6 heteroatoms. The Balaban J connectivity index is 1.90. The van der Waals surface area contributed by atoms with Gasteiger partial charge in [-0.2, -0.15) is 0 Å². The summed E-state index contributed by atoms with van der Waals surface area (Å²) in [6.45, 7) is 11.8. The lowest BCUT2D eigenvalue weighted by Gasteiger charge is -2.50. The molecule has 1 aliphatic heterocycles. The van der Waals surface area contributed by atoms with Crippen molar-refractivity contribution in [3.63, 3.8) is 0 Å². The minimum atomic E-state index is 0.0240. The second-order valence-electron chi connectivity index (χ2n) is 9.36. The normalized spacial score (nSPS) is 18.3. The first kappa shape index (κ1) is 22.0. The third-order valence-corrected chi connectivity index (χ3v) is 5.98. The first-order valence-corrected chi connectivity index (χ1v) is 10.9. The van der Waals surface area contributed by atoms with Crippen LogP contribution >= 0.6 is 23.8 Å². The second-order valence-corrected chi connectivity index (χ2v) is 10.2. The zero-order valence-electron chi connectivity index (χ0n) is 17.9. The van der Waals surface area contributed by atoms with Crippen molar-refractivity contribution in [2.45, 2.75) is 71.1 Å². The van der Waals surface area contributed by atoms with Gasteiger partial charge in [-0.3, -0.25) is 4.98 Å². The molecule has 0 aliphatic carbocycles. The fourth-order valence-electron chi connectivity index (χ4n) is 4.47. The molecule has 1 aromatic carbocycles. The number of halogens is 1. The Labute approximate surface area is 185 Å². The van der Waals surface area contributed by atoms with Crippen molar-refractivity contribution in [3.8, 4) is 0 Å². The first-order valence-electron chi connectivity index (χ1n) is 10.1. The van der Waals surface area contributed by atoms with Gasteiger partial charge < -0.3 is 15.5 Å². The molecule has 3 rings (SSSR count). The van der Waals surface area contributed by atoms with E-state index < -0.39 is 0 Å². The maximum atomic E-state index is 6.42. The van der Waals surface area contributed by atoms with Crippen LogP contribution in [0.5, 0.6) is 0 Å². The Morgan fingerprint density at radius 2 is 1.93 bits per heavy atom. The zero-order valence-corrected chi connectivity index (χ0v) is 19.5. The quantitative estimate of drug-likeness (QED) is 0.622. The SMILES string of the molecule is Cc1ccc(Cl)c(NC(=S)N(Cc2cccnc2)C2CC(C)(C)NC(C)(C)C2)c1. The molecule has 0 bridgehead atoms. The minimum absolute atomic E-state index is 0.0240. The Hall–Kier alpha value is -1.69. The summed E-state index contributed by atoms with van der Waals surface area (Å²) >= 11 is 12.3. The van der Waals surface area contributed by atoms with Crippen LogP contribution in [0.25, 0.3) is 0 Å². The van der Waals surface area contributed by atoms with Crippen LogP contribution in [0.3, 0.4) is 0 Å². The molecule has 4 nitrogen and oxygen atoms in total. The number of hydrogen-bond acceptors (Lipinski definition) is 3. The topological polar surface area (TPSA) is 40.2 Å². The van der Waals surface area contributed by atoms with Crippen molar-refractivity contribution in [1.82, 2.24) is 15.2 Å². The summed E-state index contributed by atoms with van der Waals surface area (Å²) in [5, 5.41) is 8.54. The number of benzene rings is 1. The van der Waals surface area contributed by atoms with Crippen LogP contribution in [0.15, 0.2) is 42.7 Å². The number of anilines is 1. The fraction of sp³-hybridized carbons (Fsp3) is 0.478. The Bertz CT molecular complexity index is 850. The highest BCUT2D eigenvalue weighted by atomic mass is 35.5. The first-order chi connectivity index (χ1) is 13.5. The summed E-state index contributed by atoms with van der Waals surface area (Å²) in [7, 11) is 0. The van der Waals surface area contributed by atoms with Gasteiger partial charge in [-0.15, -0.1) is 0 Å². The number of rotatable bonds is 4. The molecule has 1 aliphatic rings. The monoisotopic (exact) mass is 430 g/mol. The van der Waals surface area contributed by atoms with E-state index in [0.29, 0.717) is 22.7 Å². The molecule has 2 aromatic rings. The molecule has 0 amide bonds. The van der Waals surface area contributed by atoms with Crippen molar-refractivity contribution in [2.24, 2.45) is 0 Å². The number of aryl methyl sites for hydroxylation is 1. The molecule has 1 fully saturated rings. The van der Waals surface area contributed by atoms with Crippen molar-refractivity contribution in [3.05, 3.63) is 58.9 Å². The van der Waals surface area contributed by atoms with E-state index in [1.54, 1.807) is 6.20 Å². The summed E-state index contributed by atoms with van der Waals surface area (Å²) in [6.07, 6.45) is 5.71. The molecule has 2 N–H and O–H groups in total. The molecule has 0 saturated carbocycles. The van der Waals surface area contributed by atoms with Gasteiger partial charge in [0, 0.05) is 36.1 Å². The van der Waals surface area contributed by atoms with Gasteiger partial charge in [0.2, 0.25) is 0 Å². The lowest BCUT2D eigenvalue weighted by molar-refractivity contribution is 0.101. The van der Waals surface area contributed by atoms with E-state index in [9.17, 15) is 0 Å². The van der Waals surface area contributed by atoms with Gasteiger partial charge in [0.15, 0.2) is 5.11 Å². The highest BCUT2D eigenvalue weighted by molar-refractivity contribution is 7.80. The molecular formula is C23H31ClN4S. The van der Waals surface area contributed by atoms with Gasteiger partial charge in [0.25, 0.3) is 0 Å². The maximum absolute atomic E-state index is 6.42. The van der Waals surface area contributed by atoms with Gasteiger partial charge in [-0.25, -0.2) is 0 Å². The molecular weight excluding hydrogens is 400 g/mol. The van der Waals surface area contributed by atoms with Gasteiger partial charge >= 0.3 is 0 Å². The Morgan fingerprint density at radius 1 is 1.24 bits per heavy atom. The third kappa shape index (κ3) is 5.91. The van der Waals surface area contributed by atoms with Crippen molar-refractivity contribution in [2.75, 3.05) is 5.32 Å². The van der Waals surface area contributed by atoms with E-state index in [0.717, 1.165) is 29.7 Å². The summed E-state index contributed by atoms with van der Waals surface area (Å²) in [5.74, 6) is 0. The summed E-state index contributed by atoms with van der Waals surface area (Å²) < 4.78 is 0. The van der Waals surface area contributed by atoms with E-state index in [-0.39, 0.29) is 11.1 Å². The predicted molar refractivity (Wildman–Crippen MR) is 127 cm³/mol. The zero-order chi connectivity index (χ0) is 21.2. The lowest BCUT2D eigenvalue weighted by atomic mass is 9.79. The van der Waals surface area contributed by atoms with Gasteiger partial charge in [0.1, 0.15) is 0 Å². The average Bonchev–Trinajstić information content (AvgIpc) is 2.61. The van der Waals surface area contributed by atoms with Crippen LogP contribution in [-0.4, -0.2) is 32.1 Å². The van der Waals surface area contributed by atoms with Crippen LogP contribution in [0.4, 0.5) is 5.69 Å². The van der Waals surface area contributed by atoms with Crippen molar-refractivity contribution in [1.29, 1.82) is 0 Å². The number of thiocarbonyl (C=S) groups is 1. The highest BCUT2D eigenvalue weighted by Gasteiger charge is 2.40. The number of aromatic nitrogens is 1. The standard InChI is InChI=1S/C23H31ClN4S/c1-16-8-9-19(24)20(11-16)26-21(29)28(15-17-7-6-10-25-14-17)18-12-22(2,3)27-23(4,5)13-18/h6-11,14,18,27H,12-13,15H2,1-5H3,(H,26,29). The number of hydrogen-bond donors (Lipinski definition) is 2. The van der Waals surface area contributed by atoms with Crippen LogP contribution < -0.4 is 10.6 Å². The lowest BCUT2D eigenvalue weighted by Crippen LogP contribution is -2.63. The largest absolute Gasteiger partial charge is 0.342 e. The molecule has 0 radical (unpaired) electrons. The molecule has 0 unspecified atom stereocenters. The number of piperidine rings is 1. The van der Waals surface area contributed by atoms with Gasteiger partial charge in [0.05, 0.1) is 10.7 Å². The number of pyridine rings is 1. The van der Waals surface area contributed by atoms with Crippen molar-refractivity contribution < 1.29 is 0 Å². The molecule has 0 spiro atoms. The maximum Gasteiger partial charge on any atom is 0.174 e. The Morgan fingerprint density at radius 3 is 2.55 bits per heavy atom. The van der Waals surface area contributed by atoms with Crippen LogP contribution in [0.2, 0.25) is 5.02 Å². The van der Waals surface area contributed by atoms with E-state index in [4.69, 9.17) is 23.8 Å². The molecule has 0 atom stereocenters. The van der Waals surface area contributed by atoms with Crippen molar-refractivity contribution >= 4 is 34.6 Å². The highest BCUT2D eigenvalue weighted by Crippen LogP contribution is 2.33. The Kier molecular flexibility index (Phi) is 6.51. The van der Waals surface area contributed by atoms with E-state index in [1.165, 1.54) is 0 Å². The van der Waals surface area contributed by atoms with Crippen LogP contribution in [0.1, 0.15) is 51.7 Å². The minimum Gasteiger partial charge on any atom is -0.342 e. The van der Waals surface area contributed by atoms with Gasteiger partial charge in [-0.1, -0.05) is 23.7 Å². The van der Waals surface area contributed by atoms with E-state index in [1.807, 2.05) is 30.5 Å². The van der Waals surface area contributed by atoms with Crippen LogP contribution in [-0.2, 0) is 6.54 Å². The molecule has 29 heavy (non-hydrogen) atoms. The summed E-state index contributed by atoms with van der Waals surface area (Å²) in [4.78, 5) is 6.59. The molecule has 1 aromatic heterocycles. The third-order valence-electron chi connectivity index (χ3n) is 5.31. The second kappa shape index (κ2) is 8.58. The fourth-order valence-corrected chi connectivity index (χ4v) is 4.95. The number of nitrogens with one attached hydrogen (secondary N) is 2. The van der Waals surface area contributed by atoms with E-state index >= 15 is 0 Å². The smallest absolute Gasteiger partial charge is 0.174 e. The number of nitrogens with zero attached hydrogens (tertiary/aromatic N) is 2. The van der Waals surface area contributed by atoms with E-state index in [2.05, 4.69) is 61.2 Å². The molecule has 2 heterocycles.